The van der Waals surface area contributed by atoms with E-state index in [1.54, 1.807) is 18.3 Å². The third-order valence-corrected chi connectivity index (χ3v) is 5.41. The molecular weight excluding hydrogens is 262 g/mol. The van der Waals surface area contributed by atoms with Crippen LogP contribution in [0.2, 0.25) is 5.02 Å². The summed E-state index contributed by atoms with van der Waals surface area (Å²) >= 11 is 5.98. The fraction of sp³-hybridized carbons (Fsp3) is 0.400. The lowest BCUT2D eigenvalue weighted by Gasteiger charge is -2.02. The topological polar surface area (TPSA) is 64.3 Å². The highest BCUT2D eigenvalue weighted by Crippen LogP contribution is 2.33. The number of hydrogen-bond donors (Lipinski definition) is 0. The summed E-state index contributed by atoms with van der Waals surface area (Å²) in [6.45, 7) is 0. The highest BCUT2D eigenvalue weighted by molar-refractivity contribution is 7.91. The van der Waals surface area contributed by atoms with Crippen LogP contribution in [0.25, 0.3) is 5.65 Å². The summed E-state index contributed by atoms with van der Waals surface area (Å²) in [5, 5.41) is 4.10. The molecule has 1 saturated heterocycles. The van der Waals surface area contributed by atoms with Crippen LogP contribution in [0.5, 0.6) is 0 Å². The Labute approximate surface area is 103 Å². The monoisotopic (exact) mass is 271 g/mol. The van der Waals surface area contributed by atoms with Gasteiger partial charge in [-0.3, -0.25) is 0 Å². The first kappa shape index (κ1) is 11.0. The highest BCUT2D eigenvalue weighted by atomic mass is 35.5. The second kappa shape index (κ2) is 3.68. The molecule has 5 nitrogen and oxygen atoms in total. The van der Waals surface area contributed by atoms with Crippen LogP contribution in [-0.4, -0.2) is 28.8 Å². The molecule has 17 heavy (non-hydrogen) atoms. The van der Waals surface area contributed by atoms with Gasteiger partial charge in [0.2, 0.25) is 0 Å². The zero-order valence-electron chi connectivity index (χ0n) is 8.88. The fourth-order valence-electron chi connectivity index (χ4n) is 2.11. The Balaban J connectivity index is 2.16. The van der Waals surface area contributed by atoms with Gasteiger partial charge in [-0.05, 0) is 25.0 Å². The van der Waals surface area contributed by atoms with E-state index < -0.39 is 15.1 Å². The molecule has 2 aromatic heterocycles. The van der Waals surface area contributed by atoms with Gasteiger partial charge in [-0.2, -0.15) is 0 Å². The molecular formula is C10H10ClN3O2S. The number of rotatable bonds is 1. The molecule has 0 aliphatic carbocycles. The van der Waals surface area contributed by atoms with Crippen LogP contribution >= 0.6 is 11.6 Å². The third-order valence-electron chi connectivity index (χ3n) is 2.95. The smallest absolute Gasteiger partial charge is 0.174 e. The van der Waals surface area contributed by atoms with Crippen molar-refractivity contribution in [2.24, 2.45) is 0 Å². The summed E-state index contributed by atoms with van der Waals surface area (Å²) in [5.41, 5.74) is 0.506. The minimum absolute atomic E-state index is 0.223. The van der Waals surface area contributed by atoms with E-state index >= 15 is 0 Å². The predicted molar refractivity (Wildman–Crippen MR) is 63.8 cm³/mol. The molecule has 1 aliphatic heterocycles. The molecule has 3 heterocycles. The molecule has 0 amide bonds. The van der Waals surface area contributed by atoms with Gasteiger partial charge < -0.3 is 0 Å². The zero-order chi connectivity index (χ0) is 12.0. The van der Waals surface area contributed by atoms with Crippen molar-refractivity contribution in [2.45, 2.75) is 18.1 Å². The van der Waals surface area contributed by atoms with Crippen LogP contribution in [-0.2, 0) is 9.84 Å². The number of nitrogens with zero attached hydrogens (tertiary/aromatic N) is 3. The van der Waals surface area contributed by atoms with Crippen LogP contribution in [0, 0.1) is 0 Å². The Morgan fingerprint density at radius 3 is 2.94 bits per heavy atom. The SMILES string of the molecule is O=S1(=O)CCCC1c1nc2c(Cl)cccn2n1. The molecule has 1 unspecified atom stereocenters. The molecule has 0 N–H and O–H groups in total. The highest BCUT2D eigenvalue weighted by Gasteiger charge is 2.35. The summed E-state index contributed by atoms with van der Waals surface area (Å²) in [7, 11) is -3.08. The maximum Gasteiger partial charge on any atom is 0.174 e. The first-order valence-electron chi connectivity index (χ1n) is 5.30. The molecule has 2 aromatic rings. The van der Waals surface area contributed by atoms with Crippen LogP contribution in [0.1, 0.15) is 23.9 Å². The molecule has 7 heteroatoms. The third kappa shape index (κ3) is 1.71. The fourth-order valence-corrected chi connectivity index (χ4v) is 4.11. The Hall–Kier alpha value is -1.14. The number of sulfone groups is 1. The van der Waals surface area contributed by atoms with Gasteiger partial charge in [0.25, 0.3) is 0 Å². The van der Waals surface area contributed by atoms with Gasteiger partial charge in [-0.15, -0.1) is 5.10 Å². The van der Waals surface area contributed by atoms with Crippen LogP contribution < -0.4 is 0 Å². The lowest BCUT2D eigenvalue weighted by Crippen LogP contribution is -2.09. The standard InChI is InChI=1S/C10H10ClN3O2S/c11-7-3-1-5-14-10(7)12-9(13-14)8-4-2-6-17(8,15)16/h1,3,5,8H,2,4,6H2. The van der Waals surface area contributed by atoms with Crippen LogP contribution in [0.3, 0.4) is 0 Å². The Bertz CT molecular complexity index is 680. The molecule has 0 bridgehead atoms. The molecule has 1 aliphatic rings. The first-order valence-corrected chi connectivity index (χ1v) is 7.39. The van der Waals surface area contributed by atoms with Crippen molar-refractivity contribution in [2.75, 3.05) is 5.75 Å². The summed E-state index contributed by atoms with van der Waals surface area (Å²) < 4.78 is 25.1. The number of pyridine rings is 1. The van der Waals surface area contributed by atoms with Gasteiger partial charge >= 0.3 is 0 Å². The number of aromatic nitrogens is 3. The first-order chi connectivity index (χ1) is 8.08. The van der Waals surface area contributed by atoms with Gasteiger partial charge in [0.1, 0.15) is 5.25 Å². The Kier molecular flexibility index (Phi) is 2.38. The van der Waals surface area contributed by atoms with E-state index in [1.165, 1.54) is 4.52 Å². The van der Waals surface area contributed by atoms with Gasteiger partial charge in [-0.25, -0.2) is 17.9 Å². The van der Waals surface area contributed by atoms with E-state index in [0.29, 0.717) is 29.3 Å². The average Bonchev–Trinajstić information content (AvgIpc) is 2.81. The summed E-state index contributed by atoms with van der Waals surface area (Å²) in [5.74, 6) is 0.580. The largest absolute Gasteiger partial charge is 0.228 e. The molecule has 3 rings (SSSR count). The van der Waals surface area contributed by atoms with Gasteiger partial charge in [0.15, 0.2) is 21.3 Å². The van der Waals surface area contributed by atoms with Gasteiger partial charge in [-0.1, -0.05) is 11.6 Å². The molecule has 0 spiro atoms. The van der Waals surface area contributed by atoms with Crippen molar-refractivity contribution in [3.8, 4) is 0 Å². The second-order valence-corrected chi connectivity index (χ2v) is 6.80. The minimum atomic E-state index is -3.08. The maximum absolute atomic E-state index is 11.8. The van der Waals surface area contributed by atoms with E-state index in [4.69, 9.17) is 11.6 Å². The molecule has 0 radical (unpaired) electrons. The van der Waals surface area contributed by atoms with E-state index in [-0.39, 0.29) is 5.75 Å². The summed E-state index contributed by atoms with van der Waals surface area (Å²) in [4.78, 5) is 4.23. The van der Waals surface area contributed by atoms with Crippen molar-refractivity contribution in [1.29, 1.82) is 0 Å². The quantitative estimate of drug-likeness (QED) is 0.791. The minimum Gasteiger partial charge on any atom is -0.228 e. The predicted octanol–water partition coefficient (Wildman–Crippen LogP) is 1.63. The molecule has 0 saturated carbocycles. The van der Waals surface area contributed by atoms with E-state index in [0.717, 1.165) is 0 Å². The second-order valence-electron chi connectivity index (χ2n) is 4.09. The van der Waals surface area contributed by atoms with Crippen molar-refractivity contribution >= 4 is 27.1 Å². The van der Waals surface area contributed by atoms with Crippen LogP contribution in [0.15, 0.2) is 18.3 Å². The zero-order valence-corrected chi connectivity index (χ0v) is 10.4. The lowest BCUT2D eigenvalue weighted by molar-refractivity contribution is 0.588. The normalized spacial score (nSPS) is 23.2. The van der Waals surface area contributed by atoms with Crippen molar-refractivity contribution in [1.82, 2.24) is 14.6 Å². The molecule has 1 fully saturated rings. The average molecular weight is 272 g/mol. The van der Waals surface area contributed by atoms with Gasteiger partial charge in [0, 0.05) is 6.20 Å². The number of hydrogen-bond acceptors (Lipinski definition) is 4. The summed E-state index contributed by atoms with van der Waals surface area (Å²) in [6, 6.07) is 3.45. The van der Waals surface area contributed by atoms with Crippen molar-refractivity contribution in [3.63, 3.8) is 0 Å². The van der Waals surface area contributed by atoms with Gasteiger partial charge in [0.05, 0.1) is 10.8 Å². The summed E-state index contributed by atoms with van der Waals surface area (Å²) in [6.07, 6.45) is 2.98. The lowest BCUT2D eigenvalue weighted by atomic mass is 10.2. The Morgan fingerprint density at radius 2 is 2.29 bits per heavy atom. The number of halogens is 1. The maximum atomic E-state index is 11.8. The Morgan fingerprint density at radius 1 is 1.47 bits per heavy atom. The van der Waals surface area contributed by atoms with Crippen molar-refractivity contribution in [3.05, 3.63) is 29.2 Å². The van der Waals surface area contributed by atoms with E-state index in [9.17, 15) is 8.42 Å². The van der Waals surface area contributed by atoms with Crippen LogP contribution in [0.4, 0.5) is 0 Å². The van der Waals surface area contributed by atoms with E-state index in [2.05, 4.69) is 10.1 Å². The van der Waals surface area contributed by atoms with E-state index in [1.807, 2.05) is 0 Å². The molecule has 90 valence electrons. The molecule has 1 atom stereocenters. The number of fused-ring (bicyclic) bond motifs is 1. The van der Waals surface area contributed by atoms with Crippen molar-refractivity contribution < 1.29 is 8.42 Å². The molecule has 0 aromatic carbocycles.